The maximum atomic E-state index is 12.1. The maximum Gasteiger partial charge on any atom is 0.408 e. The third-order valence-corrected chi connectivity index (χ3v) is 4.27. The number of carbonyl (C=O) groups is 4. The highest BCUT2D eigenvalue weighted by atomic mass is 16.5. The predicted octanol–water partition coefficient (Wildman–Crippen LogP) is 2.80. The molecule has 0 heterocycles. The van der Waals surface area contributed by atoms with Gasteiger partial charge in [-0.15, -0.1) is 5.11 Å². The average Bonchev–Trinajstić information content (AvgIpc) is 2.85. The number of benzene rings is 2. The fourth-order valence-corrected chi connectivity index (χ4v) is 2.53. The number of likely N-dealkylation sites (N-methyl/N-ethyl adjacent to an activating group) is 1. The number of hydrogen-bond donors (Lipinski definition) is 2. The van der Waals surface area contributed by atoms with E-state index in [1.807, 2.05) is 6.07 Å². The van der Waals surface area contributed by atoms with Crippen LogP contribution in [0.1, 0.15) is 11.1 Å². The van der Waals surface area contributed by atoms with Crippen LogP contribution in [0.3, 0.4) is 0 Å². The van der Waals surface area contributed by atoms with Gasteiger partial charge in [-0.3, -0.25) is 4.79 Å². The largest absolute Gasteiger partial charge is 0.480 e. The van der Waals surface area contributed by atoms with E-state index in [4.69, 9.17) is 9.47 Å². The number of alkyl carbamates (subject to hydrolysis) is 1. The number of amides is 2. The molecule has 0 bridgehead atoms. The first-order chi connectivity index (χ1) is 16.3. The van der Waals surface area contributed by atoms with Crippen LogP contribution in [0.5, 0.6) is 0 Å². The molecule has 2 aromatic rings. The van der Waals surface area contributed by atoms with E-state index in [-0.39, 0.29) is 19.6 Å². The molecule has 0 aliphatic heterocycles. The van der Waals surface area contributed by atoms with E-state index in [0.29, 0.717) is 11.3 Å². The van der Waals surface area contributed by atoms with Crippen molar-refractivity contribution in [2.24, 2.45) is 10.3 Å². The summed E-state index contributed by atoms with van der Waals surface area (Å²) >= 11 is 0. The molecule has 2 rings (SSSR count). The van der Waals surface area contributed by atoms with Crippen molar-refractivity contribution in [2.45, 2.75) is 19.1 Å². The smallest absolute Gasteiger partial charge is 0.408 e. The Morgan fingerprint density at radius 2 is 1.74 bits per heavy atom. The minimum Gasteiger partial charge on any atom is -0.480 e. The van der Waals surface area contributed by atoms with E-state index in [9.17, 15) is 24.3 Å². The lowest BCUT2D eigenvalue weighted by Gasteiger charge is -2.14. The van der Waals surface area contributed by atoms with Gasteiger partial charge < -0.3 is 19.9 Å². The molecule has 0 saturated carbocycles. The SMILES string of the molecule is C=CCOC(=O)N[C@@H](Cc1ccc(N=NN(C)C(=O)C(=O)OCc2ccccc2)cc1)C(=O)O. The van der Waals surface area contributed by atoms with E-state index < -0.39 is 30.0 Å². The number of rotatable bonds is 10. The van der Waals surface area contributed by atoms with Gasteiger partial charge >= 0.3 is 23.9 Å². The van der Waals surface area contributed by atoms with Crippen molar-refractivity contribution in [3.8, 4) is 0 Å². The van der Waals surface area contributed by atoms with Gasteiger partial charge in [0.25, 0.3) is 0 Å². The van der Waals surface area contributed by atoms with Crippen LogP contribution < -0.4 is 5.32 Å². The number of carbonyl (C=O) groups excluding carboxylic acids is 3. The van der Waals surface area contributed by atoms with E-state index in [1.54, 1.807) is 48.5 Å². The lowest BCUT2D eigenvalue weighted by molar-refractivity contribution is -0.160. The molecule has 11 heteroatoms. The lowest BCUT2D eigenvalue weighted by Crippen LogP contribution is -2.42. The van der Waals surface area contributed by atoms with Gasteiger partial charge in [0.2, 0.25) is 0 Å². The minimum absolute atomic E-state index is 0.00158. The highest BCUT2D eigenvalue weighted by Crippen LogP contribution is 2.15. The molecule has 0 aromatic heterocycles. The quantitative estimate of drug-likeness (QED) is 0.179. The average molecular weight is 468 g/mol. The maximum absolute atomic E-state index is 12.1. The Morgan fingerprint density at radius 3 is 2.35 bits per heavy atom. The van der Waals surface area contributed by atoms with Gasteiger partial charge in [-0.2, -0.15) is 0 Å². The van der Waals surface area contributed by atoms with Crippen molar-refractivity contribution in [3.63, 3.8) is 0 Å². The highest BCUT2D eigenvalue weighted by molar-refractivity contribution is 6.32. The second kappa shape index (κ2) is 13.1. The molecular weight excluding hydrogens is 444 g/mol. The molecule has 2 aromatic carbocycles. The van der Waals surface area contributed by atoms with Gasteiger partial charge in [0.05, 0.1) is 5.69 Å². The fraction of sp³-hybridized carbons (Fsp3) is 0.217. The summed E-state index contributed by atoms with van der Waals surface area (Å²) in [5.41, 5.74) is 1.69. The monoisotopic (exact) mass is 468 g/mol. The Kier molecular flexibility index (Phi) is 9.92. The number of hydrogen-bond acceptors (Lipinski definition) is 8. The zero-order valence-corrected chi connectivity index (χ0v) is 18.4. The van der Waals surface area contributed by atoms with Gasteiger partial charge in [0.1, 0.15) is 19.3 Å². The van der Waals surface area contributed by atoms with E-state index in [0.717, 1.165) is 10.6 Å². The summed E-state index contributed by atoms with van der Waals surface area (Å²) in [6, 6.07) is 14.0. The standard InChI is InChI=1S/C23H24N4O7/c1-3-13-33-23(32)24-19(21(29)30)14-16-9-11-18(12-10-16)25-26-27(2)20(28)22(31)34-15-17-7-5-4-6-8-17/h3-12,19H,1,13-15H2,2H3,(H,24,32)(H,29,30)/t19-/m0/s1. The molecule has 0 aliphatic rings. The zero-order chi connectivity index (χ0) is 24.9. The third kappa shape index (κ3) is 8.54. The van der Waals surface area contributed by atoms with E-state index >= 15 is 0 Å². The first kappa shape index (κ1) is 25.7. The molecule has 0 unspecified atom stereocenters. The number of carboxylic acid groups (broad SMARTS) is 1. The summed E-state index contributed by atoms with van der Waals surface area (Å²) in [7, 11) is 1.26. The highest BCUT2D eigenvalue weighted by Gasteiger charge is 2.22. The second-order valence-electron chi connectivity index (χ2n) is 6.87. The molecule has 2 N–H and O–H groups in total. The molecule has 0 radical (unpaired) electrons. The molecule has 11 nitrogen and oxygen atoms in total. The molecule has 178 valence electrons. The third-order valence-electron chi connectivity index (χ3n) is 4.27. The molecule has 34 heavy (non-hydrogen) atoms. The van der Waals surface area contributed by atoms with Crippen molar-refractivity contribution in [1.82, 2.24) is 10.3 Å². The summed E-state index contributed by atoms with van der Waals surface area (Å²) in [6.45, 7) is 3.32. The summed E-state index contributed by atoms with van der Waals surface area (Å²) in [4.78, 5) is 47.0. The zero-order valence-electron chi connectivity index (χ0n) is 18.4. The number of esters is 1. The Hall–Kier alpha value is -4.54. The first-order valence-corrected chi connectivity index (χ1v) is 10.1. The topological polar surface area (TPSA) is 147 Å². The number of nitrogens with one attached hydrogen (secondary N) is 1. The number of aliphatic carboxylic acids is 1. The van der Waals surface area contributed by atoms with Crippen molar-refractivity contribution in [2.75, 3.05) is 13.7 Å². The van der Waals surface area contributed by atoms with Crippen molar-refractivity contribution >= 4 is 29.6 Å². The number of nitrogens with zero attached hydrogens (tertiary/aromatic N) is 3. The van der Waals surface area contributed by atoms with Crippen molar-refractivity contribution in [1.29, 1.82) is 0 Å². The molecule has 0 fully saturated rings. The number of ether oxygens (including phenoxy) is 2. The van der Waals surface area contributed by atoms with E-state index in [1.165, 1.54) is 13.1 Å². The van der Waals surface area contributed by atoms with Crippen LogP contribution in [0.15, 0.2) is 77.6 Å². The van der Waals surface area contributed by atoms with Crippen LogP contribution in [0.4, 0.5) is 10.5 Å². The first-order valence-electron chi connectivity index (χ1n) is 10.1. The van der Waals surface area contributed by atoms with Crippen LogP contribution >= 0.6 is 0 Å². The van der Waals surface area contributed by atoms with Gasteiger partial charge in [-0.25, -0.2) is 19.4 Å². The molecular formula is C23H24N4O7. The Balaban J connectivity index is 1.89. The van der Waals surface area contributed by atoms with Crippen LogP contribution in [0, 0.1) is 0 Å². The van der Waals surface area contributed by atoms with Crippen molar-refractivity contribution in [3.05, 3.63) is 78.4 Å². The predicted molar refractivity (Wildman–Crippen MR) is 120 cm³/mol. The fourth-order valence-electron chi connectivity index (χ4n) is 2.53. The van der Waals surface area contributed by atoms with Gasteiger partial charge in [0, 0.05) is 13.5 Å². The number of carboxylic acids is 1. The van der Waals surface area contributed by atoms with Crippen LogP contribution in [0.2, 0.25) is 0 Å². The van der Waals surface area contributed by atoms with Gasteiger partial charge in [-0.05, 0) is 23.3 Å². The Bertz CT molecular complexity index is 1040. The molecule has 1 atom stereocenters. The van der Waals surface area contributed by atoms with Gasteiger partial charge in [0.15, 0.2) is 0 Å². The van der Waals surface area contributed by atoms with Crippen molar-refractivity contribution < 1.29 is 33.8 Å². The normalized spacial score (nSPS) is 11.3. The summed E-state index contributed by atoms with van der Waals surface area (Å²) in [6.07, 6.45) is 0.496. The Labute approximate surface area is 195 Å². The molecule has 0 saturated heterocycles. The second-order valence-corrected chi connectivity index (χ2v) is 6.87. The summed E-state index contributed by atoms with van der Waals surface area (Å²) < 4.78 is 9.69. The summed E-state index contributed by atoms with van der Waals surface area (Å²) in [5.74, 6) is -3.28. The molecule has 2 amide bonds. The minimum atomic E-state index is -1.22. The summed E-state index contributed by atoms with van der Waals surface area (Å²) in [5, 5.41) is 19.9. The van der Waals surface area contributed by atoms with Gasteiger partial charge in [-0.1, -0.05) is 60.3 Å². The lowest BCUT2D eigenvalue weighted by atomic mass is 10.1. The van der Waals surface area contributed by atoms with Crippen LogP contribution in [-0.4, -0.2) is 53.8 Å². The molecule has 0 aliphatic carbocycles. The van der Waals surface area contributed by atoms with Crippen LogP contribution in [-0.2, 0) is 36.9 Å². The molecule has 0 spiro atoms. The van der Waals surface area contributed by atoms with Crippen LogP contribution in [0.25, 0.3) is 0 Å². The Morgan fingerprint density at radius 1 is 1.06 bits per heavy atom. The van der Waals surface area contributed by atoms with E-state index in [2.05, 4.69) is 22.2 Å².